The Morgan fingerprint density at radius 3 is 2.31 bits per heavy atom. The van der Waals surface area contributed by atoms with Crippen LogP contribution in [0.1, 0.15) is 21.5 Å². The maximum absolute atomic E-state index is 12.6. The maximum Gasteiger partial charge on any atom is 0.273 e. The highest BCUT2D eigenvalue weighted by Crippen LogP contribution is 2.27. The van der Waals surface area contributed by atoms with E-state index >= 15 is 0 Å². The van der Waals surface area contributed by atoms with Gasteiger partial charge in [-0.25, -0.2) is 0 Å². The first-order chi connectivity index (χ1) is 17.0. The average molecular weight is 492 g/mol. The molecule has 2 amide bonds. The summed E-state index contributed by atoms with van der Waals surface area (Å²) >= 11 is 5.09. The highest BCUT2D eigenvalue weighted by molar-refractivity contribution is 7.80. The van der Waals surface area contributed by atoms with Crippen molar-refractivity contribution in [2.24, 2.45) is 0 Å². The Morgan fingerprint density at radius 1 is 0.857 bits per heavy atom. The second-order valence-electron chi connectivity index (χ2n) is 7.12. The lowest BCUT2D eigenvalue weighted by atomic mass is 10.2. The summed E-state index contributed by atoms with van der Waals surface area (Å²) < 4.78 is 16.2. The molecule has 0 heterocycles. The van der Waals surface area contributed by atoms with Crippen LogP contribution >= 0.6 is 12.2 Å². The molecular formula is C26H25N3O5S. The predicted octanol–water partition coefficient (Wildman–Crippen LogP) is 3.63. The summed E-state index contributed by atoms with van der Waals surface area (Å²) in [6, 6.07) is 21.7. The second kappa shape index (κ2) is 12.8. The van der Waals surface area contributed by atoms with E-state index in [0.29, 0.717) is 29.4 Å². The fraction of sp³-hybridized carbons (Fsp3) is 0.115. The van der Waals surface area contributed by atoms with Crippen molar-refractivity contribution in [3.8, 4) is 17.2 Å². The first-order valence-corrected chi connectivity index (χ1v) is 11.0. The Balaban J connectivity index is 1.51. The fourth-order valence-corrected chi connectivity index (χ4v) is 3.16. The molecule has 0 bridgehead atoms. The second-order valence-corrected chi connectivity index (χ2v) is 7.52. The van der Waals surface area contributed by atoms with Crippen molar-refractivity contribution >= 4 is 35.2 Å². The molecule has 180 valence electrons. The van der Waals surface area contributed by atoms with Crippen LogP contribution in [0.15, 0.2) is 78.9 Å². The van der Waals surface area contributed by atoms with E-state index in [1.54, 1.807) is 55.7 Å². The number of hydrazine groups is 1. The van der Waals surface area contributed by atoms with E-state index < -0.39 is 11.8 Å². The maximum atomic E-state index is 12.6. The summed E-state index contributed by atoms with van der Waals surface area (Å²) in [5.74, 6) is 0.609. The van der Waals surface area contributed by atoms with Crippen LogP contribution in [0.5, 0.6) is 17.2 Å². The smallest absolute Gasteiger partial charge is 0.273 e. The van der Waals surface area contributed by atoms with Crippen LogP contribution in [-0.2, 0) is 11.4 Å². The zero-order valence-corrected chi connectivity index (χ0v) is 20.1. The largest absolute Gasteiger partial charge is 0.493 e. The molecule has 3 rings (SSSR count). The molecule has 0 spiro atoms. The normalized spacial score (nSPS) is 10.3. The lowest BCUT2D eigenvalue weighted by Crippen LogP contribution is -2.48. The highest BCUT2D eigenvalue weighted by atomic mass is 32.1. The Kier molecular flexibility index (Phi) is 9.21. The molecule has 0 aliphatic heterocycles. The average Bonchev–Trinajstić information content (AvgIpc) is 2.89. The minimum atomic E-state index is -0.474. The van der Waals surface area contributed by atoms with Crippen molar-refractivity contribution in [3.63, 3.8) is 0 Å². The van der Waals surface area contributed by atoms with Crippen LogP contribution in [0, 0.1) is 0 Å². The van der Waals surface area contributed by atoms with Crippen LogP contribution in [0.25, 0.3) is 6.08 Å². The van der Waals surface area contributed by atoms with Crippen molar-refractivity contribution < 1.29 is 23.8 Å². The number of rotatable bonds is 8. The van der Waals surface area contributed by atoms with Crippen LogP contribution in [0.4, 0.5) is 0 Å². The van der Waals surface area contributed by atoms with E-state index in [2.05, 4.69) is 16.2 Å². The van der Waals surface area contributed by atoms with E-state index in [-0.39, 0.29) is 5.11 Å². The van der Waals surface area contributed by atoms with Crippen LogP contribution < -0.4 is 30.4 Å². The Morgan fingerprint density at radius 2 is 1.57 bits per heavy atom. The van der Waals surface area contributed by atoms with E-state index in [4.69, 9.17) is 26.4 Å². The summed E-state index contributed by atoms with van der Waals surface area (Å²) in [4.78, 5) is 24.8. The molecule has 0 unspecified atom stereocenters. The summed E-state index contributed by atoms with van der Waals surface area (Å²) in [6.45, 7) is 0.319. The molecule has 3 aromatic rings. The molecule has 0 aliphatic carbocycles. The van der Waals surface area contributed by atoms with Gasteiger partial charge in [0.05, 0.1) is 19.8 Å². The van der Waals surface area contributed by atoms with Gasteiger partial charge in [-0.15, -0.1) is 0 Å². The van der Waals surface area contributed by atoms with Gasteiger partial charge in [-0.1, -0.05) is 48.5 Å². The van der Waals surface area contributed by atoms with Gasteiger partial charge in [-0.05, 0) is 53.7 Å². The molecule has 0 radical (unpaired) electrons. The SMILES string of the molecule is COc1ccc(C=CC(=O)NC(=S)NNC(=O)c2ccccc2OCc2ccccc2)cc1OC. The minimum Gasteiger partial charge on any atom is -0.493 e. The number of hydrogen-bond acceptors (Lipinski definition) is 6. The lowest BCUT2D eigenvalue weighted by molar-refractivity contribution is -0.115. The van der Waals surface area contributed by atoms with E-state index in [1.165, 1.54) is 13.2 Å². The minimum absolute atomic E-state index is 0.0667. The van der Waals surface area contributed by atoms with Crippen LogP contribution in [0.2, 0.25) is 0 Å². The molecule has 8 nitrogen and oxygen atoms in total. The van der Waals surface area contributed by atoms with Crippen molar-refractivity contribution in [2.45, 2.75) is 6.61 Å². The number of carbonyl (C=O) groups is 2. The van der Waals surface area contributed by atoms with Gasteiger partial charge in [-0.3, -0.25) is 25.8 Å². The molecule has 0 aliphatic rings. The van der Waals surface area contributed by atoms with Gasteiger partial charge in [0.15, 0.2) is 16.6 Å². The number of benzene rings is 3. The van der Waals surface area contributed by atoms with Gasteiger partial charge in [-0.2, -0.15) is 0 Å². The first kappa shape index (κ1) is 25.3. The van der Waals surface area contributed by atoms with Gasteiger partial charge in [0.25, 0.3) is 5.91 Å². The van der Waals surface area contributed by atoms with Crippen molar-refractivity contribution in [1.29, 1.82) is 0 Å². The van der Waals surface area contributed by atoms with Crippen LogP contribution in [-0.4, -0.2) is 31.1 Å². The fourth-order valence-electron chi connectivity index (χ4n) is 3.01. The van der Waals surface area contributed by atoms with Crippen molar-refractivity contribution in [3.05, 3.63) is 95.6 Å². The van der Waals surface area contributed by atoms with E-state index in [1.807, 2.05) is 30.3 Å². The Hall–Kier alpha value is -4.37. The van der Waals surface area contributed by atoms with Gasteiger partial charge >= 0.3 is 0 Å². The summed E-state index contributed by atoms with van der Waals surface area (Å²) in [5.41, 5.74) is 7.01. The molecule has 3 N–H and O–H groups in total. The number of hydrogen-bond donors (Lipinski definition) is 3. The number of ether oxygens (including phenoxy) is 3. The first-order valence-electron chi connectivity index (χ1n) is 10.6. The van der Waals surface area contributed by atoms with Crippen molar-refractivity contribution in [2.75, 3.05) is 14.2 Å². The highest BCUT2D eigenvalue weighted by Gasteiger charge is 2.13. The topological polar surface area (TPSA) is 97.9 Å². The molecule has 0 aromatic heterocycles. The summed E-state index contributed by atoms with van der Waals surface area (Å²) in [7, 11) is 3.08. The van der Waals surface area contributed by atoms with Gasteiger partial charge in [0.1, 0.15) is 12.4 Å². The standard InChI is InChI=1S/C26H25N3O5S/c1-32-22-14-12-18(16-23(22)33-2)13-15-24(30)27-26(35)29-28-25(31)20-10-6-7-11-21(20)34-17-19-8-4-3-5-9-19/h3-16H,17H2,1-2H3,(H,28,31)(H2,27,29,30,35). The molecule has 9 heteroatoms. The molecule has 0 fully saturated rings. The number of carbonyl (C=O) groups excluding carboxylic acids is 2. The van der Waals surface area contributed by atoms with Gasteiger partial charge in [0.2, 0.25) is 5.91 Å². The zero-order chi connectivity index (χ0) is 25.0. The molecule has 0 saturated heterocycles. The predicted molar refractivity (Wildman–Crippen MR) is 137 cm³/mol. The van der Waals surface area contributed by atoms with Crippen LogP contribution in [0.3, 0.4) is 0 Å². The molecule has 3 aromatic carbocycles. The lowest BCUT2D eigenvalue weighted by Gasteiger charge is -2.13. The van der Waals surface area contributed by atoms with Gasteiger partial charge in [0, 0.05) is 6.08 Å². The van der Waals surface area contributed by atoms with Gasteiger partial charge < -0.3 is 14.2 Å². The number of nitrogens with one attached hydrogen (secondary N) is 3. The number of thiocarbonyl (C=S) groups is 1. The van der Waals surface area contributed by atoms with E-state index in [9.17, 15) is 9.59 Å². The summed E-state index contributed by atoms with van der Waals surface area (Å²) in [6.07, 6.45) is 2.91. The van der Waals surface area contributed by atoms with E-state index in [0.717, 1.165) is 11.1 Å². The zero-order valence-electron chi connectivity index (χ0n) is 19.2. The molecule has 35 heavy (non-hydrogen) atoms. The molecular weight excluding hydrogens is 466 g/mol. The third-order valence-electron chi connectivity index (χ3n) is 4.73. The Labute approximate surface area is 208 Å². The molecule has 0 atom stereocenters. The third-order valence-corrected chi connectivity index (χ3v) is 4.93. The quantitative estimate of drug-likeness (QED) is 0.251. The number of methoxy groups -OCH3 is 2. The summed E-state index contributed by atoms with van der Waals surface area (Å²) in [5, 5.41) is 2.40. The Bertz CT molecular complexity index is 1210. The number of para-hydroxylation sites is 1. The monoisotopic (exact) mass is 491 g/mol. The number of amides is 2. The third kappa shape index (κ3) is 7.58. The van der Waals surface area contributed by atoms with Crippen molar-refractivity contribution in [1.82, 2.24) is 16.2 Å². The molecule has 0 saturated carbocycles.